The summed E-state index contributed by atoms with van der Waals surface area (Å²) in [5.74, 6) is 0. The summed E-state index contributed by atoms with van der Waals surface area (Å²) in [4.78, 5) is 45.5. The topological polar surface area (TPSA) is 335 Å². The number of hydrogen-bond donors (Lipinski definition) is 0. The van der Waals surface area contributed by atoms with E-state index >= 15 is 0 Å². The zero-order chi connectivity index (χ0) is 19.7. The minimum Gasteiger partial charge on any atom is -0.790 e. The largest absolute Gasteiger partial charge is 2.00 e. The molecule has 0 spiro atoms. The van der Waals surface area contributed by atoms with Crippen LogP contribution in [-0.2, 0) is 60.0 Å². The summed E-state index contributed by atoms with van der Waals surface area (Å²) >= 11 is 0. The van der Waals surface area contributed by atoms with Crippen molar-refractivity contribution >= 4 is 36.4 Å². The van der Waals surface area contributed by atoms with Gasteiger partial charge in [-0.1, -0.05) is 0 Å². The minimum atomic E-state index is -5.68. The van der Waals surface area contributed by atoms with Crippen molar-refractivity contribution < 1.29 is 325 Å². The van der Waals surface area contributed by atoms with Gasteiger partial charge in [-0.2, -0.15) is 0 Å². The van der Waals surface area contributed by atoms with Crippen molar-refractivity contribution in [2.24, 2.45) is 0 Å². The Hall–Kier alpha value is 7.26. The Bertz CT molecular complexity index is 612. The van der Waals surface area contributed by atoms with Gasteiger partial charge < -0.3 is 57.4 Å². The van der Waals surface area contributed by atoms with Crippen LogP contribution in [0.25, 0.3) is 0 Å². The van der Waals surface area contributed by atoms with E-state index in [0.717, 1.165) is 0 Å². The Balaban J connectivity index is -0.0000000284. The third kappa shape index (κ3) is 95.0. The van der Waals surface area contributed by atoms with Crippen LogP contribution in [0, 0.1) is 15.3 Å². The SMILES string of the molecule is O=P([O-])([O-])OP(=O)([O-])[O-].O=S(=O)([O-])OOS(=O)(=O)[O-].O=[N+]([O-])[O-].[Cu+2].[K+].[K+].[K+].[K+].[Na+]. The number of hydrogen-bond acceptors (Lipinski definition) is 18. The van der Waals surface area contributed by atoms with Crippen molar-refractivity contribution in [1.82, 2.24) is 0 Å². The Morgan fingerprint density at radius 3 is 0.862 bits per heavy atom. The fraction of sp³-hybridized carbons (Fsp3) is 0. The number of nitrogens with zero attached hydrogens (tertiary/aromatic N) is 1. The molecule has 0 aromatic rings. The standard InChI is InChI=1S/Cu.4K.NO3.Na.H2O8S2.H4O7P2/c;;;;;2-1(3)4;;1-9(2,3)7-8-10(4,5)6;1-8(2,3)7-9(4,5)6/h;;;;;;;(H,1,2,3)(H,4,5,6);(H2,1,2,3)(H2,4,5,6)/q+2;4*+1;-1;+1;;/p-6. The van der Waals surface area contributed by atoms with E-state index in [9.17, 15) is 54.6 Å². The maximum absolute atomic E-state index is 9.37. The average Bonchev–Trinajstić information content (AvgIpc) is 2.05. The normalized spacial score (nSPS) is 9.72. The summed E-state index contributed by atoms with van der Waals surface area (Å²) in [6.45, 7) is 0. The molecular weight excluding hydrogens is 671 g/mol. The van der Waals surface area contributed by atoms with Gasteiger partial charge in [0.1, 0.15) is 0 Å². The summed E-state index contributed by atoms with van der Waals surface area (Å²) < 4.78 is 82.6. The fourth-order valence-corrected chi connectivity index (χ4v) is 1.71. The van der Waals surface area contributed by atoms with E-state index in [0.29, 0.717) is 0 Å². The second kappa shape index (κ2) is 29.8. The predicted octanol–water partition coefficient (Wildman–Crippen LogP) is -20.7. The zero-order valence-electron chi connectivity index (χ0n) is 14.8. The number of rotatable bonds is 5. The van der Waals surface area contributed by atoms with Crippen molar-refractivity contribution in [3.05, 3.63) is 15.3 Å². The third-order valence-electron chi connectivity index (χ3n) is 0.394. The van der Waals surface area contributed by atoms with E-state index in [1.165, 1.54) is 0 Å². The molecule has 29 heteroatoms. The van der Waals surface area contributed by atoms with Crippen molar-refractivity contribution in [2.45, 2.75) is 0 Å². The Kier molecular flexibility index (Phi) is 62.4. The van der Waals surface area contributed by atoms with Gasteiger partial charge in [0.25, 0.3) is 0 Å². The van der Waals surface area contributed by atoms with Crippen LogP contribution in [0.15, 0.2) is 0 Å². The quantitative estimate of drug-likeness (QED) is 0.0498. The van der Waals surface area contributed by atoms with Crippen molar-refractivity contribution in [1.29, 1.82) is 0 Å². The molecule has 0 saturated heterocycles. The van der Waals surface area contributed by atoms with Gasteiger partial charge in [-0.05, 0) is 0 Å². The molecule has 19 nitrogen and oxygen atoms in total. The molecule has 0 aliphatic rings. The predicted molar refractivity (Wildman–Crippen MR) is 48.2 cm³/mol. The fourth-order valence-electron chi connectivity index (χ4n) is 0.191. The van der Waals surface area contributed by atoms with Gasteiger partial charge in [0, 0.05) is 0 Å². The minimum absolute atomic E-state index is 0. The summed E-state index contributed by atoms with van der Waals surface area (Å²) in [5.41, 5.74) is 0. The average molecular weight is 671 g/mol. The van der Waals surface area contributed by atoms with Crippen LogP contribution in [0.2, 0.25) is 0 Å². The molecule has 0 aliphatic heterocycles. The van der Waals surface area contributed by atoms with Crippen LogP contribution in [0.5, 0.6) is 0 Å². The van der Waals surface area contributed by atoms with Crippen molar-refractivity contribution in [3.8, 4) is 0 Å². The van der Waals surface area contributed by atoms with E-state index in [1.54, 1.807) is 0 Å². The first-order valence-corrected chi connectivity index (χ1v) is 9.10. The second-order valence-electron chi connectivity index (χ2n) is 2.15. The van der Waals surface area contributed by atoms with Gasteiger partial charge in [0.2, 0.25) is 20.8 Å². The van der Waals surface area contributed by atoms with Gasteiger partial charge in [-0.15, -0.1) is 8.67 Å². The van der Waals surface area contributed by atoms with E-state index in [1.807, 2.05) is 0 Å². The maximum atomic E-state index is 9.37. The Labute approximate surface area is 366 Å². The molecule has 0 bridgehead atoms. The van der Waals surface area contributed by atoms with Gasteiger partial charge in [-0.3, -0.25) is 0 Å². The van der Waals surface area contributed by atoms with Crippen LogP contribution in [0.4, 0.5) is 0 Å². The molecule has 1 radical (unpaired) electrons. The molecule has 0 amide bonds. The van der Waals surface area contributed by atoms with Crippen LogP contribution in [0.1, 0.15) is 0 Å². The van der Waals surface area contributed by atoms with E-state index in [-0.39, 0.29) is 252 Å². The molecule has 0 aromatic carbocycles. The first-order chi connectivity index (χ1) is 9.65. The molecule has 0 aliphatic carbocycles. The van der Waals surface area contributed by atoms with Gasteiger partial charge in [0.05, 0.1) is 20.7 Å². The van der Waals surface area contributed by atoms with Crippen LogP contribution < -0.4 is 255 Å². The molecule has 0 aromatic heterocycles. The monoisotopic (exact) mass is 670 g/mol. The second-order valence-corrected chi connectivity index (χ2v) is 6.50. The Morgan fingerprint density at radius 1 is 0.690 bits per heavy atom. The van der Waals surface area contributed by atoms with Crippen molar-refractivity contribution in [3.63, 3.8) is 0 Å². The van der Waals surface area contributed by atoms with Gasteiger partial charge >= 0.3 is 252 Å². The van der Waals surface area contributed by atoms with Crippen molar-refractivity contribution in [2.75, 3.05) is 0 Å². The summed E-state index contributed by atoms with van der Waals surface area (Å²) in [6.07, 6.45) is 0. The van der Waals surface area contributed by atoms with E-state index in [2.05, 4.69) is 13.0 Å². The van der Waals surface area contributed by atoms with Gasteiger partial charge in [-0.25, -0.2) is 16.8 Å². The molecule has 0 rings (SSSR count). The maximum Gasteiger partial charge on any atom is 2.00 e. The Morgan fingerprint density at radius 2 is 0.828 bits per heavy atom. The number of phosphoric acid groups is 2. The van der Waals surface area contributed by atoms with Gasteiger partial charge in [0.15, 0.2) is 0 Å². The molecule has 0 N–H and O–H groups in total. The molecule has 151 valence electrons. The van der Waals surface area contributed by atoms with Crippen LogP contribution in [-0.4, -0.2) is 31.0 Å². The smallest absolute Gasteiger partial charge is 0.790 e. The third-order valence-corrected chi connectivity index (χ3v) is 2.55. The van der Waals surface area contributed by atoms with E-state index in [4.69, 9.17) is 15.3 Å². The molecule has 0 saturated carbocycles. The van der Waals surface area contributed by atoms with Crippen LogP contribution in [0.3, 0.4) is 0 Å². The molecule has 0 heterocycles. The molecule has 0 fully saturated rings. The first kappa shape index (κ1) is 60.7. The first-order valence-electron chi connectivity index (χ1n) is 3.51. The molecular formula is CuK4NNaO18P2S2. The summed E-state index contributed by atoms with van der Waals surface area (Å²) in [6, 6.07) is 0. The molecule has 29 heavy (non-hydrogen) atoms. The molecule has 0 atom stereocenters. The summed E-state index contributed by atoms with van der Waals surface area (Å²) in [5, 5.41) is 14.8. The van der Waals surface area contributed by atoms with E-state index < -0.39 is 41.5 Å². The molecule has 0 unspecified atom stereocenters. The summed E-state index contributed by atoms with van der Waals surface area (Å²) in [7, 11) is -22.0. The van der Waals surface area contributed by atoms with Crippen LogP contribution >= 0.6 is 15.6 Å². The zero-order valence-corrected chi connectivity index (χ0v) is 33.7.